The first kappa shape index (κ1) is 21.8. The van der Waals surface area contributed by atoms with E-state index in [1.54, 1.807) is 18.3 Å². The molecule has 0 heterocycles. The minimum Gasteiger partial charge on any atom is -0.507 e. The minimum atomic E-state index is -0.149. The van der Waals surface area contributed by atoms with Crippen molar-refractivity contribution in [1.29, 1.82) is 0 Å². The lowest BCUT2D eigenvalue weighted by Gasteiger charge is -2.30. The fourth-order valence-corrected chi connectivity index (χ4v) is 3.00. The molecule has 0 aliphatic carbocycles. The van der Waals surface area contributed by atoms with Gasteiger partial charge in [0.05, 0.1) is 12.2 Å². The van der Waals surface area contributed by atoms with Crippen molar-refractivity contribution in [1.82, 2.24) is 0 Å². The Morgan fingerprint density at radius 3 is 2.18 bits per heavy atom. The second kappa shape index (κ2) is 8.26. The molecule has 2 aromatic rings. The van der Waals surface area contributed by atoms with Gasteiger partial charge in [0.2, 0.25) is 0 Å². The number of aliphatic imine (C=N–C) groups is 1. The molecule has 152 valence electrons. The fourth-order valence-electron chi connectivity index (χ4n) is 3.00. The number of hydrogen-bond acceptors (Lipinski definition) is 4. The summed E-state index contributed by atoms with van der Waals surface area (Å²) in [5.41, 5.74) is 3.54. The van der Waals surface area contributed by atoms with Gasteiger partial charge in [0.15, 0.2) is 0 Å². The molecular weight excluding hydrogens is 348 g/mol. The number of likely N-dealkylation sites (N-methyl/N-ethyl adjacent to an activating group) is 1. The molecule has 2 N–H and O–H groups in total. The lowest BCUT2D eigenvalue weighted by atomic mass is 9.79. The van der Waals surface area contributed by atoms with Gasteiger partial charge in [-0.05, 0) is 34.6 Å². The molecule has 0 saturated heterocycles. The van der Waals surface area contributed by atoms with E-state index in [9.17, 15) is 10.2 Å². The van der Waals surface area contributed by atoms with Crippen LogP contribution in [-0.2, 0) is 10.8 Å². The molecule has 0 aliphatic heterocycles. The van der Waals surface area contributed by atoms with Gasteiger partial charge in [-0.15, -0.1) is 0 Å². The summed E-state index contributed by atoms with van der Waals surface area (Å²) < 4.78 is 0. The number of phenols is 2. The van der Waals surface area contributed by atoms with Gasteiger partial charge in [-0.25, -0.2) is 0 Å². The Labute approximate surface area is 169 Å². The number of benzene rings is 2. The van der Waals surface area contributed by atoms with Crippen LogP contribution in [0, 0.1) is 0 Å². The van der Waals surface area contributed by atoms with Crippen LogP contribution in [-0.4, -0.2) is 36.6 Å². The summed E-state index contributed by atoms with van der Waals surface area (Å²) in [5, 5.41) is 20.8. The molecule has 0 unspecified atom stereocenters. The zero-order chi connectivity index (χ0) is 21.1. The fraction of sp³-hybridized carbons (Fsp3) is 0.458. The largest absolute Gasteiger partial charge is 0.507 e. The van der Waals surface area contributed by atoms with Crippen LogP contribution in [0.1, 0.15) is 58.2 Å². The molecule has 28 heavy (non-hydrogen) atoms. The van der Waals surface area contributed by atoms with Crippen LogP contribution in [0.5, 0.6) is 11.5 Å². The highest BCUT2D eigenvalue weighted by Crippen LogP contribution is 2.41. The molecule has 0 aromatic heterocycles. The summed E-state index contributed by atoms with van der Waals surface area (Å²) in [6, 6.07) is 11.4. The van der Waals surface area contributed by atoms with Crippen LogP contribution in [0.4, 0.5) is 5.69 Å². The normalized spacial score (nSPS) is 12.5. The van der Waals surface area contributed by atoms with E-state index in [1.165, 1.54) is 5.56 Å². The third-order valence-electron chi connectivity index (χ3n) is 4.91. The smallest absolute Gasteiger partial charge is 0.142 e. The van der Waals surface area contributed by atoms with Gasteiger partial charge < -0.3 is 15.1 Å². The number of hydrogen-bond donors (Lipinski definition) is 2. The molecule has 2 aromatic carbocycles. The van der Waals surface area contributed by atoms with Crippen LogP contribution in [0.3, 0.4) is 0 Å². The summed E-state index contributed by atoms with van der Waals surface area (Å²) in [4.78, 5) is 6.48. The Kier molecular flexibility index (Phi) is 6.43. The maximum absolute atomic E-state index is 10.9. The second-order valence-electron chi connectivity index (χ2n) is 9.41. The molecule has 0 amide bonds. The van der Waals surface area contributed by atoms with E-state index in [0.29, 0.717) is 24.4 Å². The van der Waals surface area contributed by atoms with Crippen molar-refractivity contribution < 1.29 is 10.2 Å². The lowest BCUT2D eigenvalue weighted by molar-refractivity contribution is 0.444. The number of rotatable bonds is 5. The Balaban J connectivity index is 2.24. The predicted octanol–water partition coefficient (Wildman–Crippen LogP) is 5.25. The van der Waals surface area contributed by atoms with Crippen molar-refractivity contribution in [2.45, 2.75) is 52.4 Å². The molecule has 0 aliphatic rings. The summed E-state index contributed by atoms with van der Waals surface area (Å²) in [6.45, 7) is 14.1. The monoisotopic (exact) mass is 382 g/mol. The first-order valence-corrected chi connectivity index (χ1v) is 9.78. The molecule has 0 saturated carbocycles. The summed E-state index contributed by atoms with van der Waals surface area (Å²) in [6.07, 6.45) is 1.69. The molecular formula is C24H34N2O2. The molecule has 0 spiro atoms. The Bertz CT molecular complexity index is 843. The van der Waals surface area contributed by atoms with E-state index < -0.39 is 0 Å². The number of para-hydroxylation sites is 1. The van der Waals surface area contributed by atoms with Gasteiger partial charge >= 0.3 is 0 Å². The van der Waals surface area contributed by atoms with E-state index in [2.05, 4.69) is 58.7 Å². The summed E-state index contributed by atoms with van der Waals surface area (Å²) in [7, 11) is 1.98. The zero-order valence-corrected chi connectivity index (χ0v) is 18.2. The Hall–Kier alpha value is -2.49. The topological polar surface area (TPSA) is 56.1 Å². The highest BCUT2D eigenvalue weighted by Gasteiger charge is 2.26. The quantitative estimate of drug-likeness (QED) is 0.695. The maximum Gasteiger partial charge on any atom is 0.142 e. The molecule has 0 atom stereocenters. The van der Waals surface area contributed by atoms with Crippen LogP contribution >= 0.6 is 0 Å². The minimum absolute atomic E-state index is 0.00766. The molecule has 0 bridgehead atoms. The van der Waals surface area contributed by atoms with E-state index in [1.807, 2.05) is 24.1 Å². The van der Waals surface area contributed by atoms with Crippen molar-refractivity contribution >= 4 is 11.9 Å². The zero-order valence-electron chi connectivity index (χ0n) is 18.2. The number of aromatic hydroxyl groups is 2. The standard InChI is InChI=1S/C24H34N2O2/c1-23(2,3)18-14-19(24(4,5)6)22(28)20(15-18)26(7)13-12-25-16-17-10-8-9-11-21(17)27/h8-11,14-16,27-28H,12-13H2,1-7H3. The van der Waals surface area contributed by atoms with Crippen molar-refractivity contribution in [3.8, 4) is 11.5 Å². The third kappa shape index (κ3) is 5.28. The van der Waals surface area contributed by atoms with E-state index >= 15 is 0 Å². The molecule has 2 rings (SSSR count). The van der Waals surface area contributed by atoms with Gasteiger partial charge in [0, 0.05) is 30.9 Å². The Morgan fingerprint density at radius 1 is 0.964 bits per heavy atom. The maximum atomic E-state index is 10.9. The van der Waals surface area contributed by atoms with Gasteiger partial charge in [-0.2, -0.15) is 0 Å². The summed E-state index contributed by atoms with van der Waals surface area (Å²) >= 11 is 0. The van der Waals surface area contributed by atoms with Gasteiger partial charge in [0.1, 0.15) is 11.5 Å². The van der Waals surface area contributed by atoms with Crippen molar-refractivity contribution in [2.24, 2.45) is 4.99 Å². The van der Waals surface area contributed by atoms with E-state index in [4.69, 9.17) is 0 Å². The average Bonchev–Trinajstić information content (AvgIpc) is 2.58. The lowest BCUT2D eigenvalue weighted by Crippen LogP contribution is -2.24. The van der Waals surface area contributed by atoms with E-state index in [0.717, 1.165) is 11.3 Å². The van der Waals surface area contributed by atoms with Crippen LogP contribution in [0.15, 0.2) is 41.4 Å². The van der Waals surface area contributed by atoms with Crippen molar-refractivity contribution in [3.63, 3.8) is 0 Å². The number of nitrogens with zero attached hydrogens (tertiary/aromatic N) is 2. The van der Waals surface area contributed by atoms with Crippen molar-refractivity contribution in [2.75, 3.05) is 25.0 Å². The van der Waals surface area contributed by atoms with Crippen LogP contribution in [0.25, 0.3) is 0 Å². The van der Waals surface area contributed by atoms with Crippen LogP contribution < -0.4 is 4.90 Å². The van der Waals surface area contributed by atoms with Gasteiger partial charge in [-0.3, -0.25) is 4.99 Å². The molecule has 0 fully saturated rings. The van der Waals surface area contributed by atoms with Gasteiger partial charge in [0.25, 0.3) is 0 Å². The van der Waals surface area contributed by atoms with Gasteiger partial charge in [-0.1, -0.05) is 59.7 Å². The molecule has 4 heteroatoms. The number of anilines is 1. The highest BCUT2D eigenvalue weighted by atomic mass is 16.3. The first-order chi connectivity index (χ1) is 12.9. The Morgan fingerprint density at radius 2 is 1.61 bits per heavy atom. The molecule has 0 radical (unpaired) electrons. The first-order valence-electron chi connectivity index (χ1n) is 9.78. The average molecular weight is 383 g/mol. The third-order valence-corrected chi connectivity index (χ3v) is 4.91. The second-order valence-corrected chi connectivity index (χ2v) is 9.41. The van der Waals surface area contributed by atoms with Crippen molar-refractivity contribution in [3.05, 3.63) is 53.1 Å². The molecule has 4 nitrogen and oxygen atoms in total. The highest BCUT2D eigenvalue weighted by molar-refractivity contribution is 5.83. The number of phenolic OH excluding ortho intramolecular Hbond substituents is 2. The summed E-state index contributed by atoms with van der Waals surface area (Å²) in [5.74, 6) is 0.567. The predicted molar refractivity (Wildman–Crippen MR) is 119 cm³/mol. The van der Waals surface area contributed by atoms with Crippen LogP contribution in [0.2, 0.25) is 0 Å². The SMILES string of the molecule is CN(CCN=Cc1ccccc1O)c1cc(C(C)(C)C)cc(C(C)(C)C)c1O. The van der Waals surface area contributed by atoms with E-state index in [-0.39, 0.29) is 16.6 Å².